The lowest BCUT2D eigenvalue weighted by Gasteiger charge is -2.11. The Kier molecular flexibility index (Phi) is 4.85. The van der Waals surface area contributed by atoms with Gasteiger partial charge in [0.2, 0.25) is 0 Å². The van der Waals surface area contributed by atoms with Crippen molar-refractivity contribution in [1.82, 2.24) is 19.1 Å². The standard InChI is InChI=1S/C17H17ClN4O3/c1-3-4-5-22-16(23)14-7-13(10-20-15(14)21(2)17(22)24)25-12-6-11(18)8-19-9-12/h6-10H,3-5H2,1-2H3. The Morgan fingerprint density at radius 2 is 1.92 bits per heavy atom. The molecule has 25 heavy (non-hydrogen) atoms. The monoisotopic (exact) mass is 360 g/mol. The Bertz CT molecular complexity index is 1040. The van der Waals surface area contributed by atoms with Crippen molar-refractivity contribution in [1.29, 1.82) is 0 Å². The Labute approximate surface area is 148 Å². The predicted molar refractivity (Wildman–Crippen MR) is 95.5 cm³/mol. The van der Waals surface area contributed by atoms with Crippen LogP contribution in [0.15, 0.2) is 40.3 Å². The number of rotatable bonds is 5. The van der Waals surface area contributed by atoms with Crippen LogP contribution in [0.25, 0.3) is 11.0 Å². The second kappa shape index (κ2) is 7.06. The third-order valence-corrected chi connectivity index (χ3v) is 4.01. The smallest absolute Gasteiger partial charge is 0.332 e. The molecule has 0 unspecified atom stereocenters. The van der Waals surface area contributed by atoms with Crippen molar-refractivity contribution < 1.29 is 4.74 Å². The number of pyridine rings is 2. The maximum atomic E-state index is 12.7. The van der Waals surface area contributed by atoms with Crippen molar-refractivity contribution in [3.05, 3.63) is 56.6 Å². The summed E-state index contributed by atoms with van der Waals surface area (Å²) in [5.74, 6) is 0.805. The van der Waals surface area contributed by atoms with E-state index < -0.39 is 0 Å². The molecule has 0 fully saturated rings. The molecule has 3 rings (SSSR count). The SMILES string of the molecule is CCCCn1c(=O)c2cc(Oc3cncc(Cl)c3)cnc2n(C)c1=O. The normalized spacial score (nSPS) is 11.0. The molecule has 0 saturated carbocycles. The molecule has 0 aromatic carbocycles. The van der Waals surface area contributed by atoms with Crippen LogP contribution in [0, 0.1) is 0 Å². The second-order valence-electron chi connectivity index (χ2n) is 5.64. The van der Waals surface area contributed by atoms with E-state index in [0.717, 1.165) is 12.8 Å². The molecule has 0 spiro atoms. The van der Waals surface area contributed by atoms with Gasteiger partial charge in [-0.25, -0.2) is 9.78 Å². The molecule has 0 radical (unpaired) electrons. The van der Waals surface area contributed by atoms with E-state index in [0.29, 0.717) is 34.1 Å². The highest BCUT2D eigenvalue weighted by molar-refractivity contribution is 6.30. The van der Waals surface area contributed by atoms with E-state index in [1.54, 1.807) is 19.2 Å². The number of fused-ring (bicyclic) bond motifs is 1. The first-order valence-corrected chi connectivity index (χ1v) is 8.27. The van der Waals surface area contributed by atoms with Gasteiger partial charge in [0.15, 0.2) is 0 Å². The van der Waals surface area contributed by atoms with Gasteiger partial charge >= 0.3 is 5.69 Å². The minimum Gasteiger partial charge on any atom is -0.454 e. The summed E-state index contributed by atoms with van der Waals surface area (Å²) in [4.78, 5) is 33.2. The summed E-state index contributed by atoms with van der Waals surface area (Å²) in [5, 5.41) is 0.765. The lowest BCUT2D eigenvalue weighted by Crippen LogP contribution is -2.39. The number of aromatic nitrogens is 4. The van der Waals surface area contributed by atoms with E-state index in [4.69, 9.17) is 16.3 Å². The summed E-state index contributed by atoms with van der Waals surface area (Å²) in [6.07, 6.45) is 6.10. The molecule has 0 atom stereocenters. The Balaban J connectivity index is 2.10. The highest BCUT2D eigenvalue weighted by Gasteiger charge is 2.13. The molecular weight excluding hydrogens is 344 g/mol. The van der Waals surface area contributed by atoms with E-state index in [-0.39, 0.29) is 11.2 Å². The van der Waals surface area contributed by atoms with Crippen LogP contribution in [-0.4, -0.2) is 19.1 Å². The first kappa shape index (κ1) is 17.2. The number of hydrogen-bond acceptors (Lipinski definition) is 5. The molecule has 8 heteroatoms. The summed E-state index contributed by atoms with van der Waals surface area (Å²) >= 11 is 5.89. The number of nitrogens with zero attached hydrogens (tertiary/aromatic N) is 4. The predicted octanol–water partition coefficient (Wildman–Crippen LogP) is 2.74. The number of unbranched alkanes of at least 4 members (excludes halogenated alkanes) is 1. The van der Waals surface area contributed by atoms with Gasteiger partial charge in [-0.05, 0) is 12.5 Å². The van der Waals surface area contributed by atoms with Crippen LogP contribution in [0.2, 0.25) is 5.02 Å². The highest BCUT2D eigenvalue weighted by Crippen LogP contribution is 2.23. The minimum atomic E-state index is -0.369. The average Bonchev–Trinajstić information content (AvgIpc) is 2.60. The molecule has 0 bridgehead atoms. The number of ether oxygens (including phenoxy) is 1. The van der Waals surface area contributed by atoms with Gasteiger partial charge in [0.1, 0.15) is 17.1 Å². The molecule has 0 amide bonds. The van der Waals surface area contributed by atoms with Crippen LogP contribution < -0.4 is 16.0 Å². The Morgan fingerprint density at radius 1 is 1.16 bits per heavy atom. The third-order valence-electron chi connectivity index (χ3n) is 3.80. The van der Waals surface area contributed by atoms with Gasteiger partial charge in [-0.2, -0.15) is 0 Å². The van der Waals surface area contributed by atoms with Crippen LogP contribution in [0.1, 0.15) is 19.8 Å². The summed E-state index contributed by atoms with van der Waals surface area (Å²) in [6.45, 7) is 2.38. The fourth-order valence-corrected chi connectivity index (χ4v) is 2.68. The highest BCUT2D eigenvalue weighted by atomic mass is 35.5. The molecule has 3 heterocycles. The minimum absolute atomic E-state index is 0.319. The summed E-state index contributed by atoms with van der Waals surface area (Å²) in [5.41, 5.74) is -0.417. The number of halogens is 1. The third kappa shape index (κ3) is 3.41. The zero-order valence-electron chi connectivity index (χ0n) is 13.9. The van der Waals surface area contributed by atoms with Gasteiger partial charge in [0, 0.05) is 25.9 Å². The zero-order chi connectivity index (χ0) is 18.0. The van der Waals surface area contributed by atoms with E-state index in [1.165, 1.54) is 27.7 Å². The largest absolute Gasteiger partial charge is 0.454 e. The maximum absolute atomic E-state index is 12.7. The molecule has 130 valence electrons. The van der Waals surface area contributed by atoms with Crippen molar-refractivity contribution in [2.75, 3.05) is 0 Å². The average molecular weight is 361 g/mol. The number of aryl methyl sites for hydroxylation is 1. The first-order valence-electron chi connectivity index (χ1n) is 7.89. The molecule has 3 aromatic rings. The van der Waals surface area contributed by atoms with E-state index in [9.17, 15) is 9.59 Å². The van der Waals surface area contributed by atoms with E-state index in [2.05, 4.69) is 9.97 Å². The van der Waals surface area contributed by atoms with Crippen molar-refractivity contribution >= 4 is 22.6 Å². The molecule has 0 saturated heterocycles. The van der Waals surface area contributed by atoms with Crippen LogP contribution in [-0.2, 0) is 13.6 Å². The van der Waals surface area contributed by atoms with Gasteiger partial charge in [0.05, 0.1) is 22.8 Å². The molecular formula is C17H17ClN4O3. The van der Waals surface area contributed by atoms with Gasteiger partial charge < -0.3 is 4.74 Å². The Morgan fingerprint density at radius 3 is 2.64 bits per heavy atom. The van der Waals surface area contributed by atoms with Gasteiger partial charge in [-0.1, -0.05) is 24.9 Å². The molecule has 0 aliphatic heterocycles. The molecule has 0 N–H and O–H groups in total. The van der Waals surface area contributed by atoms with Crippen LogP contribution in [0.5, 0.6) is 11.5 Å². The Hall–Kier alpha value is -2.67. The van der Waals surface area contributed by atoms with Gasteiger partial charge in [-0.15, -0.1) is 0 Å². The van der Waals surface area contributed by atoms with Crippen LogP contribution in [0.3, 0.4) is 0 Å². The van der Waals surface area contributed by atoms with Gasteiger partial charge in [-0.3, -0.25) is 18.9 Å². The van der Waals surface area contributed by atoms with Crippen molar-refractivity contribution in [2.24, 2.45) is 7.05 Å². The fraction of sp³-hybridized carbons (Fsp3) is 0.294. The van der Waals surface area contributed by atoms with Crippen molar-refractivity contribution in [3.8, 4) is 11.5 Å². The quantitative estimate of drug-likeness (QED) is 0.699. The first-order chi connectivity index (χ1) is 12.0. The number of hydrogen-bond donors (Lipinski definition) is 0. The summed E-state index contributed by atoms with van der Waals surface area (Å²) in [6, 6.07) is 3.19. The lowest BCUT2D eigenvalue weighted by molar-refractivity contribution is 0.478. The van der Waals surface area contributed by atoms with E-state index in [1.807, 2.05) is 6.92 Å². The van der Waals surface area contributed by atoms with Crippen LogP contribution in [0.4, 0.5) is 0 Å². The van der Waals surface area contributed by atoms with Crippen LogP contribution >= 0.6 is 11.6 Å². The fourth-order valence-electron chi connectivity index (χ4n) is 2.52. The second-order valence-corrected chi connectivity index (χ2v) is 6.07. The zero-order valence-corrected chi connectivity index (χ0v) is 14.7. The molecule has 0 aliphatic carbocycles. The maximum Gasteiger partial charge on any atom is 0.332 e. The summed E-state index contributed by atoms with van der Waals surface area (Å²) < 4.78 is 8.27. The van der Waals surface area contributed by atoms with E-state index >= 15 is 0 Å². The summed E-state index contributed by atoms with van der Waals surface area (Å²) in [7, 11) is 1.60. The molecule has 3 aromatic heterocycles. The van der Waals surface area contributed by atoms with Crippen molar-refractivity contribution in [2.45, 2.75) is 26.3 Å². The van der Waals surface area contributed by atoms with Crippen molar-refractivity contribution in [3.63, 3.8) is 0 Å². The molecule has 7 nitrogen and oxygen atoms in total. The lowest BCUT2D eigenvalue weighted by atomic mass is 10.3. The molecule has 0 aliphatic rings. The van der Waals surface area contributed by atoms with Gasteiger partial charge in [0.25, 0.3) is 5.56 Å². The topological polar surface area (TPSA) is 79.0 Å².